The molecule has 0 radical (unpaired) electrons. The molecule has 0 aliphatic carbocycles. The average molecular weight is 452 g/mol. The summed E-state index contributed by atoms with van der Waals surface area (Å²) in [5, 5.41) is 7.02. The highest BCUT2D eigenvalue weighted by Gasteiger charge is 2.31. The van der Waals surface area contributed by atoms with E-state index in [4.69, 9.17) is 15.9 Å². The summed E-state index contributed by atoms with van der Waals surface area (Å²) in [5.41, 5.74) is 5.34. The first-order valence-electron chi connectivity index (χ1n) is 10.2. The van der Waals surface area contributed by atoms with E-state index in [1.165, 1.54) is 6.21 Å². The van der Waals surface area contributed by atoms with Crippen LogP contribution in [0.25, 0.3) is 0 Å². The van der Waals surface area contributed by atoms with Crippen LogP contribution >= 0.6 is 0 Å². The van der Waals surface area contributed by atoms with Crippen molar-refractivity contribution in [3.05, 3.63) is 29.8 Å². The number of guanidine groups is 1. The number of sulfone groups is 1. The molecule has 31 heavy (non-hydrogen) atoms. The number of benzene rings is 1. The molecule has 1 rings (SSSR count). The second-order valence-corrected chi connectivity index (χ2v) is 10.5. The second-order valence-electron chi connectivity index (χ2n) is 8.42. The number of hydrogen-bond donors (Lipinski definition) is 2. The van der Waals surface area contributed by atoms with Crippen LogP contribution in [-0.2, 0) is 24.2 Å². The largest absolute Gasteiger partial charge is 0.459 e. The number of aliphatic imine (C=N–C) groups is 1. The summed E-state index contributed by atoms with van der Waals surface area (Å²) in [6.07, 6.45) is 2.72. The molecule has 0 bridgehead atoms. The van der Waals surface area contributed by atoms with Crippen molar-refractivity contribution in [2.45, 2.75) is 70.3 Å². The predicted octanol–water partition coefficient (Wildman–Crippen LogP) is 3.21. The maximum Gasteiger partial charge on any atom is 0.316 e. The third-order valence-electron chi connectivity index (χ3n) is 4.35. The van der Waals surface area contributed by atoms with Crippen LogP contribution in [0.4, 0.5) is 0 Å². The number of Topliss-reactive ketones (excluding diaryl/α,β-unsaturated/α-hetero) is 1. The van der Waals surface area contributed by atoms with Gasteiger partial charge in [0.1, 0.15) is 17.3 Å². The first-order chi connectivity index (χ1) is 14.3. The fourth-order valence-electron chi connectivity index (χ4n) is 2.83. The van der Waals surface area contributed by atoms with Crippen LogP contribution in [-0.4, -0.2) is 43.7 Å². The van der Waals surface area contributed by atoms with Gasteiger partial charge in [0.25, 0.3) is 0 Å². The summed E-state index contributed by atoms with van der Waals surface area (Å²) in [7, 11) is -3.50. The standard InChI is InChI=1S/C22H33N3O5S/c1-16-10-12-17(13-11-16)31(28,29)15-7-8-18(20(27)30-22(2,3)4)19(26)9-5-6-14-25-21(23)24/h10-14,18H,5-9,15H2,1-4H3,(H3,23,24). The van der Waals surface area contributed by atoms with Gasteiger partial charge in [-0.1, -0.05) is 17.7 Å². The minimum Gasteiger partial charge on any atom is -0.459 e. The van der Waals surface area contributed by atoms with Crippen LogP contribution in [0, 0.1) is 18.3 Å². The molecule has 9 heteroatoms. The minimum atomic E-state index is -3.50. The Morgan fingerprint density at radius 3 is 2.35 bits per heavy atom. The van der Waals surface area contributed by atoms with Crippen molar-refractivity contribution in [2.75, 3.05) is 5.75 Å². The molecule has 3 N–H and O–H groups in total. The fraction of sp³-hybridized carbons (Fsp3) is 0.545. The summed E-state index contributed by atoms with van der Waals surface area (Å²) < 4.78 is 30.5. The minimum absolute atomic E-state index is 0.0976. The number of esters is 1. The van der Waals surface area contributed by atoms with Gasteiger partial charge in [0.2, 0.25) is 5.96 Å². The Kier molecular flexibility index (Phi) is 10.0. The molecule has 0 fully saturated rings. The number of ether oxygens (including phenoxy) is 1. The zero-order valence-corrected chi connectivity index (χ0v) is 19.5. The number of ketones is 1. The van der Waals surface area contributed by atoms with Crippen LogP contribution < -0.4 is 5.73 Å². The lowest BCUT2D eigenvalue weighted by molar-refractivity contribution is -0.162. The maximum atomic E-state index is 12.7. The van der Waals surface area contributed by atoms with E-state index in [2.05, 4.69) is 4.99 Å². The van der Waals surface area contributed by atoms with Crippen LogP contribution in [0.15, 0.2) is 34.2 Å². The summed E-state index contributed by atoms with van der Waals surface area (Å²) in [6.45, 7) is 7.02. The maximum absolute atomic E-state index is 12.7. The zero-order valence-electron chi connectivity index (χ0n) is 18.7. The number of aryl methyl sites for hydroxylation is 1. The highest BCUT2D eigenvalue weighted by atomic mass is 32.2. The Hall–Kier alpha value is -2.55. The van der Waals surface area contributed by atoms with Gasteiger partial charge in [0.15, 0.2) is 9.84 Å². The number of nitrogens with one attached hydrogen (secondary N) is 1. The zero-order chi connectivity index (χ0) is 23.7. The molecule has 0 aliphatic rings. The van der Waals surface area contributed by atoms with E-state index in [1.807, 2.05) is 6.92 Å². The van der Waals surface area contributed by atoms with E-state index >= 15 is 0 Å². The SMILES string of the molecule is Cc1ccc(S(=O)(=O)CCCC(C(=O)CCCC=NC(=N)N)C(=O)OC(C)(C)C)cc1. The molecule has 0 aliphatic heterocycles. The molecule has 1 aromatic carbocycles. The van der Waals surface area contributed by atoms with Gasteiger partial charge in [-0.2, -0.15) is 0 Å². The molecule has 1 atom stereocenters. The van der Waals surface area contributed by atoms with E-state index in [9.17, 15) is 18.0 Å². The highest BCUT2D eigenvalue weighted by Crippen LogP contribution is 2.21. The Morgan fingerprint density at radius 1 is 1.19 bits per heavy atom. The lowest BCUT2D eigenvalue weighted by Crippen LogP contribution is -2.33. The highest BCUT2D eigenvalue weighted by molar-refractivity contribution is 7.91. The summed E-state index contributed by atoms with van der Waals surface area (Å²) >= 11 is 0. The number of unbranched alkanes of at least 4 members (excludes halogenated alkanes) is 1. The Labute approximate surface area is 184 Å². The Morgan fingerprint density at radius 2 is 1.81 bits per heavy atom. The fourth-order valence-corrected chi connectivity index (χ4v) is 4.16. The third-order valence-corrected chi connectivity index (χ3v) is 6.17. The molecule has 8 nitrogen and oxygen atoms in total. The first kappa shape index (κ1) is 26.5. The monoisotopic (exact) mass is 451 g/mol. The number of hydrogen-bond acceptors (Lipinski definition) is 6. The van der Waals surface area contributed by atoms with Gasteiger partial charge in [-0.15, -0.1) is 0 Å². The third kappa shape index (κ3) is 10.3. The van der Waals surface area contributed by atoms with Crippen molar-refractivity contribution in [1.82, 2.24) is 0 Å². The van der Waals surface area contributed by atoms with E-state index in [0.29, 0.717) is 12.8 Å². The van der Waals surface area contributed by atoms with Crippen LogP contribution in [0.1, 0.15) is 58.4 Å². The Bertz CT molecular complexity index is 900. The van der Waals surface area contributed by atoms with Crippen LogP contribution in [0.2, 0.25) is 0 Å². The molecule has 0 aromatic heterocycles. The number of rotatable bonds is 11. The van der Waals surface area contributed by atoms with E-state index < -0.39 is 27.3 Å². The van der Waals surface area contributed by atoms with Gasteiger partial charge >= 0.3 is 5.97 Å². The van der Waals surface area contributed by atoms with E-state index in [-0.39, 0.29) is 41.7 Å². The van der Waals surface area contributed by atoms with Gasteiger partial charge in [-0.3, -0.25) is 15.0 Å². The van der Waals surface area contributed by atoms with Crippen molar-refractivity contribution >= 4 is 33.8 Å². The lowest BCUT2D eigenvalue weighted by Gasteiger charge is -2.23. The summed E-state index contributed by atoms with van der Waals surface area (Å²) in [5.74, 6) is -2.42. The smallest absolute Gasteiger partial charge is 0.316 e. The van der Waals surface area contributed by atoms with Crippen LogP contribution in [0.3, 0.4) is 0 Å². The normalized spacial score (nSPS) is 13.2. The van der Waals surface area contributed by atoms with Crippen LogP contribution in [0.5, 0.6) is 0 Å². The molecule has 0 saturated carbocycles. The van der Waals surface area contributed by atoms with E-state index in [0.717, 1.165) is 5.56 Å². The summed E-state index contributed by atoms with van der Waals surface area (Å²) in [4.78, 5) is 29.1. The lowest BCUT2D eigenvalue weighted by atomic mass is 9.95. The van der Waals surface area contributed by atoms with E-state index in [1.54, 1.807) is 45.0 Å². The average Bonchev–Trinajstić information content (AvgIpc) is 2.63. The van der Waals surface area contributed by atoms with Gasteiger partial charge in [-0.05, 0) is 65.5 Å². The first-order valence-corrected chi connectivity index (χ1v) is 11.9. The Balaban J connectivity index is 2.77. The molecule has 1 aromatic rings. The molecule has 0 amide bonds. The molecule has 1 unspecified atom stereocenters. The van der Waals surface area contributed by atoms with Crippen molar-refractivity contribution in [1.29, 1.82) is 5.41 Å². The number of carbonyl (C=O) groups excluding carboxylic acids is 2. The number of carbonyl (C=O) groups is 2. The molecule has 0 saturated heterocycles. The number of nitrogens with two attached hydrogens (primary N) is 1. The van der Waals surface area contributed by atoms with Gasteiger partial charge in [0.05, 0.1) is 10.6 Å². The quantitative estimate of drug-likeness (QED) is 0.174. The van der Waals surface area contributed by atoms with Crippen molar-refractivity contribution < 1.29 is 22.7 Å². The van der Waals surface area contributed by atoms with Gasteiger partial charge in [0, 0.05) is 12.6 Å². The molecular formula is C22H33N3O5S. The molecule has 172 valence electrons. The summed E-state index contributed by atoms with van der Waals surface area (Å²) in [6, 6.07) is 6.58. The van der Waals surface area contributed by atoms with Gasteiger partial charge < -0.3 is 10.5 Å². The molecule has 0 spiro atoms. The topological polar surface area (TPSA) is 140 Å². The molecule has 0 heterocycles. The molecular weight excluding hydrogens is 418 g/mol. The number of nitrogens with zero attached hydrogens (tertiary/aromatic N) is 1. The second kappa shape index (κ2) is 11.7. The predicted molar refractivity (Wildman–Crippen MR) is 121 cm³/mol. The van der Waals surface area contributed by atoms with Crippen molar-refractivity contribution in [3.63, 3.8) is 0 Å². The van der Waals surface area contributed by atoms with Gasteiger partial charge in [-0.25, -0.2) is 13.4 Å². The van der Waals surface area contributed by atoms with Crippen molar-refractivity contribution in [3.8, 4) is 0 Å². The van der Waals surface area contributed by atoms with Crippen molar-refractivity contribution in [2.24, 2.45) is 16.6 Å².